The van der Waals surface area contributed by atoms with E-state index in [4.69, 9.17) is 44.9 Å². The molecule has 20 rings (SSSR count). The van der Waals surface area contributed by atoms with Crippen molar-refractivity contribution >= 4 is 53.9 Å². The molecule has 13 nitrogen and oxygen atoms in total. The minimum Gasteiger partial charge on any atom is -0.261 e. The van der Waals surface area contributed by atoms with Crippen molar-refractivity contribution in [1.82, 2.24) is 64.8 Å². The molecule has 0 aliphatic carbocycles. The fourth-order valence-electron chi connectivity index (χ4n) is 14.3. The first-order chi connectivity index (χ1) is 56.0. The molecule has 0 saturated carbocycles. The fraction of sp³-hybridized carbons (Fsp3) is 0.0396. The van der Waals surface area contributed by atoms with E-state index in [0.29, 0.717) is 58.2 Å². The van der Waals surface area contributed by atoms with Crippen molar-refractivity contribution in [2.75, 3.05) is 0 Å². The van der Waals surface area contributed by atoms with Gasteiger partial charge >= 0.3 is 0 Å². The maximum Gasteiger partial charge on any atom is 0.164 e. The molecule has 6 heterocycles. The Kier molecular flexibility index (Phi) is 19.4. The predicted octanol–water partition coefficient (Wildman–Crippen LogP) is 24.2. The summed E-state index contributed by atoms with van der Waals surface area (Å²) >= 11 is 0. The van der Waals surface area contributed by atoms with Crippen LogP contribution in [0.25, 0.3) is 190 Å². The molecule has 0 N–H and O–H groups in total. The summed E-state index contributed by atoms with van der Waals surface area (Å²) in [5, 5.41) is 11.5. The summed E-state index contributed by atoms with van der Waals surface area (Å²) in [6.45, 7) is 7.97. The molecule has 0 aliphatic heterocycles. The molecule has 0 aliphatic rings. The maximum atomic E-state index is 5.04. The van der Waals surface area contributed by atoms with Gasteiger partial charge in [-0.15, -0.1) is 0 Å². The highest BCUT2D eigenvalue weighted by Crippen LogP contribution is 2.36. The van der Waals surface area contributed by atoms with E-state index in [1.807, 2.05) is 167 Å². The number of nitrogens with zero attached hydrogens (tertiary/aromatic N) is 13. The minimum absolute atomic E-state index is 0.619. The van der Waals surface area contributed by atoms with Gasteiger partial charge in [0.15, 0.2) is 58.2 Å². The van der Waals surface area contributed by atoms with Crippen LogP contribution in [0.1, 0.15) is 22.8 Å². The molecular weight excluding hydrogens is 1400 g/mol. The molecule has 20 aromatic rings. The van der Waals surface area contributed by atoms with Gasteiger partial charge in [0.2, 0.25) is 0 Å². The van der Waals surface area contributed by atoms with E-state index in [1.54, 1.807) is 0 Å². The highest BCUT2D eigenvalue weighted by atomic mass is 15.1. The highest BCUT2D eigenvalue weighted by molar-refractivity contribution is 5.98. The monoisotopic (exact) mass is 1470 g/mol. The summed E-state index contributed by atoms with van der Waals surface area (Å²) < 4.78 is 0. The van der Waals surface area contributed by atoms with Gasteiger partial charge in [-0.05, 0) is 130 Å². The molecule has 0 radical (unpaired) electrons. The van der Waals surface area contributed by atoms with Crippen LogP contribution >= 0.6 is 0 Å². The van der Waals surface area contributed by atoms with E-state index >= 15 is 0 Å². The molecule has 0 spiro atoms. The molecule has 0 fully saturated rings. The molecule has 6 aromatic heterocycles. The molecule has 0 saturated heterocycles. The first-order valence-electron chi connectivity index (χ1n) is 37.8. The third-order valence-electron chi connectivity index (χ3n) is 20.1. The fourth-order valence-corrected chi connectivity index (χ4v) is 14.3. The number of fused-ring (bicyclic) bond motifs is 5. The molecule has 13 heteroatoms. The average Bonchev–Trinajstić information content (AvgIpc) is 0.771. The van der Waals surface area contributed by atoms with E-state index in [-0.39, 0.29) is 0 Å². The van der Waals surface area contributed by atoms with Crippen LogP contribution < -0.4 is 0 Å². The summed E-state index contributed by atoms with van der Waals surface area (Å²) in [5.41, 5.74) is 17.6. The van der Waals surface area contributed by atoms with Gasteiger partial charge in [-0.2, -0.15) is 0 Å². The highest BCUT2D eigenvalue weighted by Gasteiger charge is 2.20. The van der Waals surface area contributed by atoms with E-state index in [0.717, 1.165) is 138 Å². The van der Waals surface area contributed by atoms with Gasteiger partial charge in [-0.25, -0.2) is 54.8 Å². The topological polar surface area (TPSA) is 168 Å². The Balaban J connectivity index is 0.000000119. The van der Waals surface area contributed by atoms with E-state index in [9.17, 15) is 0 Å². The van der Waals surface area contributed by atoms with Crippen LogP contribution in [0.4, 0.5) is 0 Å². The number of rotatable bonds is 12. The van der Waals surface area contributed by atoms with E-state index in [2.05, 4.69) is 238 Å². The van der Waals surface area contributed by atoms with Gasteiger partial charge in [-0.3, -0.25) is 9.97 Å². The summed E-state index contributed by atoms with van der Waals surface area (Å²) in [4.78, 5) is 62.8. The van der Waals surface area contributed by atoms with Crippen LogP contribution in [-0.4, -0.2) is 64.8 Å². The summed E-state index contributed by atoms with van der Waals surface area (Å²) in [6.07, 6.45) is 1.91. The molecular formula is C101H71N13. The van der Waals surface area contributed by atoms with Crippen molar-refractivity contribution < 1.29 is 0 Å². The molecule has 114 heavy (non-hydrogen) atoms. The van der Waals surface area contributed by atoms with Crippen LogP contribution in [-0.2, 0) is 0 Å². The van der Waals surface area contributed by atoms with Crippen LogP contribution in [0.5, 0.6) is 0 Å². The SMILES string of the molecule is Cc1cc(C)nc(-c2ccc(-c3nc(-c4cccc5ccccc45)nc(-c4cccc5ccccc45)n3)cc2)n1.Cc1ccc(-c2ccc(-c3nc(-c4ccc5ccccc5c4)nc(-c4ccc5ccccc5c4)n3)cc2)cn1.Cc1cccc(-c2ccc(-c3nc(-c4ccccc4)nc(-c4ccc5ccccc5c4)n3)cc2)n1. The van der Waals surface area contributed by atoms with Crippen LogP contribution in [0.15, 0.2) is 358 Å². The Morgan fingerprint density at radius 1 is 0.158 bits per heavy atom. The maximum absolute atomic E-state index is 5.04. The lowest BCUT2D eigenvalue weighted by Gasteiger charge is -2.12. The number of aryl methyl sites for hydroxylation is 4. The van der Waals surface area contributed by atoms with Crippen molar-refractivity contribution in [2.24, 2.45) is 0 Å². The Hall–Kier alpha value is -15.2. The molecule has 0 amide bonds. The van der Waals surface area contributed by atoms with Gasteiger partial charge in [0.05, 0.1) is 5.69 Å². The zero-order valence-corrected chi connectivity index (χ0v) is 62.9. The average molecular weight is 1470 g/mol. The second-order valence-electron chi connectivity index (χ2n) is 28.1. The number of hydrogen-bond donors (Lipinski definition) is 0. The van der Waals surface area contributed by atoms with Crippen molar-refractivity contribution in [3.63, 3.8) is 0 Å². The summed E-state index contributed by atoms with van der Waals surface area (Å²) in [5.74, 6) is 6.53. The van der Waals surface area contributed by atoms with Gasteiger partial charge in [0.25, 0.3) is 0 Å². The lowest BCUT2D eigenvalue weighted by molar-refractivity contribution is 1.06. The van der Waals surface area contributed by atoms with E-state index < -0.39 is 0 Å². The quantitative estimate of drug-likeness (QED) is 0.113. The van der Waals surface area contributed by atoms with Crippen molar-refractivity contribution in [3.8, 4) is 136 Å². The summed E-state index contributed by atoms with van der Waals surface area (Å²) in [6, 6.07) is 120. The lowest BCUT2D eigenvalue weighted by Crippen LogP contribution is -2.01. The van der Waals surface area contributed by atoms with Crippen molar-refractivity contribution in [3.05, 3.63) is 381 Å². The first kappa shape index (κ1) is 70.5. The number of hydrogen-bond acceptors (Lipinski definition) is 13. The Morgan fingerprint density at radius 2 is 0.465 bits per heavy atom. The standard InChI is InChI=1S/C35H25N5.C35H24N4.C31H22N4/c1-22-21-23(2)37-32(36-22)26-17-19-27(20-18-26)33-38-34(30-15-7-11-24-9-3-5-13-28(24)30)40-35(39-33)31-16-8-12-25-10-4-6-14-29(25)31;1-23-10-11-32(22-36-23)26-12-16-27(17-13-26)33-37-34(30-18-14-24-6-2-4-8-28(24)20-30)39-35(38-33)31-19-15-25-7-3-5-9-29(25)21-31;1-21-8-7-13-28(32-21)23-15-17-25(18-16-23)30-33-29(24-10-3-2-4-11-24)34-31(35-30)27-19-14-22-9-5-6-12-26(22)20-27/h3-21H,1-2H3;2-22H,1H3;2-20H,1H3. The van der Waals surface area contributed by atoms with Gasteiger partial charge < -0.3 is 0 Å². The number of benzene rings is 14. The smallest absolute Gasteiger partial charge is 0.164 e. The second kappa shape index (κ2) is 31.4. The first-order valence-corrected chi connectivity index (χ1v) is 37.8. The predicted molar refractivity (Wildman–Crippen MR) is 462 cm³/mol. The lowest BCUT2D eigenvalue weighted by atomic mass is 10.0. The summed E-state index contributed by atoms with van der Waals surface area (Å²) in [7, 11) is 0. The molecule has 14 aromatic carbocycles. The van der Waals surface area contributed by atoms with Gasteiger partial charge in [0.1, 0.15) is 0 Å². The zero-order valence-electron chi connectivity index (χ0n) is 62.9. The normalized spacial score (nSPS) is 11.2. The Morgan fingerprint density at radius 3 is 0.877 bits per heavy atom. The Labute approximate surface area is 659 Å². The van der Waals surface area contributed by atoms with Crippen LogP contribution in [0.2, 0.25) is 0 Å². The largest absolute Gasteiger partial charge is 0.261 e. The second-order valence-corrected chi connectivity index (χ2v) is 28.1. The van der Waals surface area contributed by atoms with E-state index in [1.165, 1.54) is 16.2 Å². The minimum atomic E-state index is 0.619. The zero-order chi connectivity index (χ0) is 76.9. The van der Waals surface area contributed by atoms with Crippen LogP contribution in [0.3, 0.4) is 0 Å². The van der Waals surface area contributed by atoms with Crippen molar-refractivity contribution in [2.45, 2.75) is 27.7 Å². The molecule has 0 unspecified atom stereocenters. The van der Waals surface area contributed by atoms with Gasteiger partial charge in [-0.1, -0.05) is 309 Å². The molecule has 540 valence electrons. The Bertz CT molecular complexity index is 6730. The van der Waals surface area contributed by atoms with Crippen LogP contribution in [0, 0.1) is 27.7 Å². The third-order valence-corrected chi connectivity index (χ3v) is 20.1. The molecule has 0 bridgehead atoms. The number of aromatic nitrogens is 13. The van der Waals surface area contributed by atoms with Crippen molar-refractivity contribution in [1.29, 1.82) is 0 Å². The van der Waals surface area contributed by atoms with Gasteiger partial charge in [0, 0.05) is 95.7 Å². The number of pyridine rings is 2. The molecule has 0 atom stereocenters. The third kappa shape index (κ3) is 15.3.